The van der Waals surface area contributed by atoms with Crippen molar-refractivity contribution in [2.75, 3.05) is 18.9 Å². The van der Waals surface area contributed by atoms with Gasteiger partial charge < -0.3 is 14.6 Å². The third kappa shape index (κ3) is 3.84. The molecule has 0 radical (unpaired) electrons. The molecule has 1 N–H and O–H groups in total. The maximum absolute atomic E-state index is 14.9. The van der Waals surface area contributed by atoms with Gasteiger partial charge >= 0.3 is 0 Å². The van der Waals surface area contributed by atoms with Crippen LogP contribution in [0.1, 0.15) is 36.9 Å². The first kappa shape index (κ1) is 20.6. The number of carbonyl (C=O) groups excluding carboxylic acids is 1. The molecule has 8 nitrogen and oxygen atoms in total. The number of carbonyl (C=O) groups is 1. The summed E-state index contributed by atoms with van der Waals surface area (Å²) in [5, 5.41) is 7.41. The molecular weight excluding hydrogens is 409 g/mol. The van der Waals surface area contributed by atoms with Crippen LogP contribution in [0.2, 0.25) is 0 Å². The Bertz CT molecular complexity index is 1330. The van der Waals surface area contributed by atoms with Gasteiger partial charge in [0.1, 0.15) is 0 Å². The fraction of sp³-hybridized carbons (Fsp3) is 0.391. The molecule has 166 valence electrons. The van der Waals surface area contributed by atoms with Crippen molar-refractivity contribution in [3.8, 4) is 11.3 Å². The highest BCUT2D eigenvalue weighted by Gasteiger charge is 2.22. The Hall–Kier alpha value is -3.33. The lowest BCUT2D eigenvalue weighted by atomic mass is 10.00. The summed E-state index contributed by atoms with van der Waals surface area (Å²) in [6.07, 6.45) is 8.98. The number of aromatic nitrogens is 5. The Morgan fingerprint density at radius 1 is 1.16 bits per heavy atom. The normalized spacial score (nSPS) is 17.3. The molecule has 5 heterocycles. The summed E-state index contributed by atoms with van der Waals surface area (Å²) in [5.41, 5.74) is 4.01. The smallest absolute Gasteiger partial charge is 0.227 e. The van der Waals surface area contributed by atoms with Crippen LogP contribution in [0, 0.1) is 19.7 Å². The molecule has 1 saturated heterocycles. The minimum absolute atomic E-state index is 0.106. The van der Waals surface area contributed by atoms with E-state index in [-0.39, 0.29) is 17.6 Å². The minimum atomic E-state index is -0.476. The Morgan fingerprint density at radius 3 is 2.81 bits per heavy atom. The molecule has 5 rings (SSSR count). The van der Waals surface area contributed by atoms with Crippen LogP contribution in [0.3, 0.4) is 0 Å². The molecule has 32 heavy (non-hydrogen) atoms. The van der Waals surface area contributed by atoms with Gasteiger partial charge in [-0.05, 0) is 58.0 Å². The fourth-order valence-corrected chi connectivity index (χ4v) is 4.45. The number of aryl methyl sites for hydroxylation is 2. The maximum Gasteiger partial charge on any atom is 0.227 e. The van der Waals surface area contributed by atoms with Gasteiger partial charge in [-0.15, -0.1) is 0 Å². The second-order valence-electron chi connectivity index (χ2n) is 8.68. The van der Waals surface area contributed by atoms with E-state index in [0.29, 0.717) is 23.5 Å². The Kier molecular flexibility index (Phi) is 5.13. The number of fused-ring (bicyclic) bond motifs is 2. The maximum atomic E-state index is 14.9. The van der Waals surface area contributed by atoms with E-state index in [1.165, 1.54) is 12.5 Å². The average molecular weight is 436 g/mol. The van der Waals surface area contributed by atoms with Crippen LogP contribution in [0.15, 0.2) is 30.7 Å². The number of nitrogens with one attached hydrogen (secondary N) is 1. The summed E-state index contributed by atoms with van der Waals surface area (Å²) in [7, 11) is 2.05. The largest absolute Gasteiger partial charge is 0.309 e. The van der Waals surface area contributed by atoms with Gasteiger partial charge in [0.2, 0.25) is 5.91 Å². The standard InChI is InChI=1S/C23H26FN7O/c1-14-8-19(28-31-11-15(2)25-22(14)31)16-9-18(24)23-27-20(13-30(23)12-16)26-21(32)10-17-6-4-5-7-29(17)3/h8-9,11-13,17H,4-7,10H2,1-3H3,(H,26,32)/t17-/m1/s1. The molecule has 4 aromatic heterocycles. The Labute approximate surface area is 185 Å². The van der Waals surface area contributed by atoms with Crippen molar-refractivity contribution in [3.63, 3.8) is 0 Å². The van der Waals surface area contributed by atoms with E-state index in [1.54, 1.807) is 21.3 Å². The van der Waals surface area contributed by atoms with Crippen LogP contribution in [0.4, 0.5) is 10.2 Å². The number of imidazole rings is 2. The quantitative estimate of drug-likeness (QED) is 0.530. The number of piperidine rings is 1. The van der Waals surface area contributed by atoms with E-state index in [1.807, 2.05) is 26.1 Å². The molecule has 0 bridgehead atoms. The Balaban J connectivity index is 1.41. The molecule has 1 fully saturated rings. The summed E-state index contributed by atoms with van der Waals surface area (Å²) >= 11 is 0. The van der Waals surface area contributed by atoms with Crippen LogP contribution >= 0.6 is 0 Å². The second-order valence-corrected chi connectivity index (χ2v) is 8.68. The SMILES string of the molecule is Cc1cn2nc(-c3cc(F)c4nc(NC(=O)C[C@H]5CCCCN5C)cn4c3)cc(C)c2n1. The molecule has 0 spiro atoms. The van der Waals surface area contributed by atoms with E-state index in [4.69, 9.17) is 0 Å². The molecule has 9 heteroatoms. The van der Waals surface area contributed by atoms with Crippen molar-refractivity contribution in [1.82, 2.24) is 28.9 Å². The van der Waals surface area contributed by atoms with E-state index >= 15 is 0 Å². The number of nitrogens with zero attached hydrogens (tertiary/aromatic N) is 6. The van der Waals surface area contributed by atoms with Gasteiger partial charge in [-0.25, -0.2) is 18.9 Å². The van der Waals surface area contributed by atoms with Crippen LogP contribution in [-0.4, -0.2) is 54.4 Å². The predicted octanol–water partition coefficient (Wildman–Crippen LogP) is 3.61. The van der Waals surface area contributed by atoms with E-state index in [9.17, 15) is 9.18 Å². The summed E-state index contributed by atoms with van der Waals surface area (Å²) in [4.78, 5) is 23.5. The van der Waals surface area contributed by atoms with Gasteiger partial charge in [0, 0.05) is 24.2 Å². The summed E-state index contributed by atoms with van der Waals surface area (Å²) in [6.45, 7) is 4.88. The summed E-state index contributed by atoms with van der Waals surface area (Å²) in [5.74, 6) is -0.239. The van der Waals surface area contributed by atoms with Crippen molar-refractivity contribution in [3.05, 3.63) is 47.8 Å². The number of pyridine rings is 1. The number of hydrogen-bond donors (Lipinski definition) is 1. The van der Waals surface area contributed by atoms with Crippen molar-refractivity contribution in [2.24, 2.45) is 0 Å². The zero-order chi connectivity index (χ0) is 22.4. The third-order valence-electron chi connectivity index (χ3n) is 6.14. The van der Waals surface area contributed by atoms with Crippen LogP contribution in [0.5, 0.6) is 0 Å². The van der Waals surface area contributed by atoms with Crippen molar-refractivity contribution < 1.29 is 9.18 Å². The third-order valence-corrected chi connectivity index (χ3v) is 6.14. The molecule has 1 amide bonds. The molecule has 0 saturated carbocycles. The molecule has 0 unspecified atom stereocenters. The van der Waals surface area contributed by atoms with Crippen molar-refractivity contribution in [1.29, 1.82) is 0 Å². The van der Waals surface area contributed by atoms with Crippen LogP contribution < -0.4 is 5.32 Å². The zero-order valence-corrected chi connectivity index (χ0v) is 18.5. The van der Waals surface area contributed by atoms with E-state index in [0.717, 1.165) is 36.3 Å². The number of rotatable bonds is 4. The molecule has 1 aliphatic heterocycles. The average Bonchev–Trinajstić information content (AvgIpc) is 3.32. The Morgan fingerprint density at radius 2 is 2.00 bits per heavy atom. The predicted molar refractivity (Wildman–Crippen MR) is 120 cm³/mol. The summed E-state index contributed by atoms with van der Waals surface area (Å²) < 4.78 is 18.2. The highest BCUT2D eigenvalue weighted by molar-refractivity contribution is 5.90. The lowest BCUT2D eigenvalue weighted by Gasteiger charge is -2.31. The highest BCUT2D eigenvalue weighted by Crippen LogP contribution is 2.24. The molecule has 0 aliphatic carbocycles. The first-order valence-corrected chi connectivity index (χ1v) is 10.9. The van der Waals surface area contributed by atoms with Gasteiger partial charge in [-0.1, -0.05) is 6.42 Å². The van der Waals surface area contributed by atoms with Crippen molar-refractivity contribution in [2.45, 2.75) is 45.6 Å². The van der Waals surface area contributed by atoms with Gasteiger partial charge in [-0.3, -0.25) is 4.79 Å². The van der Waals surface area contributed by atoms with Gasteiger partial charge in [0.15, 0.2) is 22.9 Å². The molecular formula is C23H26FN7O. The molecule has 1 atom stereocenters. The topological polar surface area (TPSA) is 79.8 Å². The lowest BCUT2D eigenvalue weighted by Crippen LogP contribution is -2.38. The van der Waals surface area contributed by atoms with E-state index < -0.39 is 5.82 Å². The number of hydrogen-bond acceptors (Lipinski definition) is 5. The van der Waals surface area contributed by atoms with Crippen LogP contribution in [-0.2, 0) is 4.79 Å². The number of amides is 1. The fourth-order valence-electron chi connectivity index (χ4n) is 4.45. The first-order valence-electron chi connectivity index (χ1n) is 10.9. The zero-order valence-electron chi connectivity index (χ0n) is 18.5. The molecule has 4 aromatic rings. The van der Waals surface area contributed by atoms with Gasteiger partial charge in [-0.2, -0.15) is 5.10 Å². The monoisotopic (exact) mass is 435 g/mol. The summed E-state index contributed by atoms with van der Waals surface area (Å²) in [6, 6.07) is 3.55. The first-order chi connectivity index (χ1) is 15.4. The van der Waals surface area contributed by atoms with Gasteiger partial charge in [0.05, 0.1) is 23.8 Å². The van der Waals surface area contributed by atoms with Crippen LogP contribution in [0.25, 0.3) is 22.6 Å². The number of anilines is 1. The molecule has 1 aliphatic rings. The number of likely N-dealkylation sites (tertiary alicyclic amines) is 1. The van der Waals surface area contributed by atoms with E-state index in [2.05, 4.69) is 32.3 Å². The minimum Gasteiger partial charge on any atom is -0.309 e. The lowest BCUT2D eigenvalue weighted by molar-refractivity contribution is -0.117. The van der Waals surface area contributed by atoms with Crippen molar-refractivity contribution >= 4 is 23.0 Å². The highest BCUT2D eigenvalue weighted by atomic mass is 19.1. The second kappa shape index (κ2) is 7.98. The number of halogens is 1. The van der Waals surface area contributed by atoms with Gasteiger partial charge in [0.25, 0.3) is 0 Å². The molecule has 0 aromatic carbocycles.